The van der Waals surface area contributed by atoms with Crippen molar-refractivity contribution in [3.05, 3.63) is 185 Å². The highest BCUT2D eigenvalue weighted by molar-refractivity contribution is 5.80. The molecule has 206 valence electrons. The van der Waals surface area contributed by atoms with Crippen molar-refractivity contribution < 1.29 is 0 Å². The SMILES string of the molecule is Cc1ccc(N(c2ccc(-c3ccccc3)cc2)c2ccc3c(c2)C2c4ccccc4C4c5ccccc5C3C42C)cc1. The highest BCUT2D eigenvalue weighted by Crippen LogP contribution is 2.76. The minimum Gasteiger partial charge on any atom is -0.310 e. The Hall–Kier alpha value is -4.88. The third-order valence-electron chi connectivity index (χ3n) is 10.6. The van der Waals surface area contributed by atoms with E-state index in [1.165, 1.54) is 67.1 Å². The van der Waals surface area contributed by atoms with Crippen LogP contribution in [0.25, 0.3) is 11.1 Å². The molecule has 4 unspecified atom stereocenters. The summed E-state index contributed by atoms with van der Waals surface area (Å²) in [5.41, 5.74) is 16.5. The topological polar surface area (TPSA) is 3.24 Å². The van der Waals surface area contributed by atoms with Gasteiger partial charge in [0.05, 0.1) is 0 Å². The number of benzene rings is 6. The molecule has 1 heteroatoms. The zero-order valence-corrected chi connectivity index (χ0v) is 24.5. The number of anilines is 3. The highest BCUT2D eigenvalue weighted by Gasteiger charge is 2.64. The summed E-state index contributed by atoms with van der Waals surface area (Å²) in [6.07, 6.45) is 0. The fourth-order valence-electron chi connectivity index (χ4n) is 8.88. The van der Waals surface area contributed by atoms with Crippen LogP contribution in [0.3, 0.4) is 0 Å². The second-order valence-corrected chi connectivity index (χ2v) is 12.8. The zero-order valence-electron chi connectivity index (χ0n) is 24.5. The fourth-order valence-corrected chi connectivity index (χ4v) is 8.88. The minimum absolute atomic E-state index is 0.111. The van der Waals surface area contributed by atoms with Crippen molar-refractivity contribution in [1.29, 1.82) is 0 Å². The molecule has 0 aromatic heterocycles. The number of rotatable bonds is 4. The summed E-state index contributed by atoms with van der Waals surface area (Å²) < 4.78 is 0. The van der Waals surface area contributed by atoms with Crippen LogP contribution in [0.15, 0.2) is 146 Å². The number of aryl methyl sites for hydroxylation is 1. The number of fused-ring (bicyclic) bond motifs is 9. The Labute approximate surface area is 254 Å². The summed E-state index contributed by atoms with van der Waals surface area (Å²) in [6.45, 7) is 4.72. The lowest BCUT2D eigenvalue weighted by atomic mass is 9.70. The lowest BCUT2D eigenvalue weighted by Crippen LogP contribution is -2.23. The van der Waals surface area contributed by atoms with Crippen molar-refractivity contribution in [2.45, 2.75) is 31.6 Å². The third kappa shape index (κ3) is 3.40. The van der Waals surface area contributed by atoms with Gasteiger partial charge >= 0.3 is 0 Å². The Balaban J connectivity index is 1.22. The summed E-state index contributed by atoms with van der Waals surface area (Å²) in [5.74, 6) is 1.22. The number of hydrogen-bond donors (Lipinski definition) is 0. The lowest BCUT2D eigenvalue weighted by molar-refractivity contribution is 0.288. The molecular formula is C42H33N. The molecule has 0 N–H and O–H groups in total. The Kier molecular flexibility index (Phi) is 5.20. The largest absolute Gasteiger partial charge is 0.310 e. The first-order valence-electron chi connectivity index (χ1n) is 15.5. The number of hydrogen-bond acceptors (Lipinski definition) is 1. The van der Waals surface area contributed by atoms with Crippen molar-refractivity contribution in [2.24, 2.45) is 5.41 Å². The van der Waals surface area contributed by atoms with Crippen molar-refractivity contribution in [1.82, 2.24) is 0 Å². The molecule has 6 aromatic rings. The maximum Gasteiger partial charge on any atom is 0.0464 e. The Morgan fingerprint density at radius 1 is 0.419 bits per heavy atom. The Morgan fingerprint density at radius 2 is 0.837 bits per heavy atom. The van der Waals surface area contributed by atoms with Crippen LogP contribution in [-0.2, 0) is 0 Å². The van der Waals surface area contributed by atoms with Gasteiger partial charge in [0, 0.05) is 40.2 Å². The smallest absolute Gasteiger partial charge is 0.0464 e. The molecule has 0 fully saturated rings. The maximum atomic E-state index is 2.56. The van der Waals surface area contributed by atoms with Gasteiger partial charge in [-0.15, -0.1) is 0 Å². The standard InChI is InChI=1S/C42H33N/c1-27-16-20-30(21-17-27)43(31-22-18-29(19-23-31)28-10-4-3-5-11-28)32-24-25-37-38(26-32)41-36-15-9-8-14-35(36)39-33-12-6-7-13-34(33)40(37)42(39,41)2/h3-26,39-41H,1-2H3. The van der Waals surface area contributed by atoms with Crippen molar-refractivity contribution >= 4 is 17.1 Å². The summed E-state index contributed by atoms with van der Waals surface area (Å²) in [4.78, 5) is 2.43. The van der Waals surface area contributed by atoms with Crippen LogP contribution in [-0.4, -0.2) is 0 Å². The molecule has 4 atom stereocenters. The molecule has 3 aliphatic rings. The van der Waals surface area contributed by atoms with E-state index in [1.54, 1.807) is 0 Å². The van der Waals surface area contributed by atoms with E-state index in [2.05, 4.69) is 164 Å². The van der Waals surface area contributed by atoms with Crippen LogP contribution in [0.1, 0.15) is 63.6 Å². The van der Waals surface area contributed by atoms with E-state index in [4.69, 9.17) is 0 Å². The zero-order chi connectivity index (χ0) is 28.7. The van der Waals surface area contributed by atoms with Crippen LogP contribution in [0.5, 0.6) is 0 Å². The summed E-state index contributed by atoms with van der Waals surface area (Å²) >= 11 is 0. The van der Waals surface area contributed by atoms with Crippen LogP contribution in [0.4, 0.5) is 17.1 Å². The maximum absolute atomic E-state index is 2.56. The molecule has 0 bridgehead atoms. The lowest BCUT2D eigenvalue weighted by Gasteiger charge is -2.31. The van der Waals surface area contributed by atoms with Crippen LogP contribution >= 0.6 is 0 Å². The van der Waals surface area contributed by atoms with E-state index in [0.29, 0.717) is 17.8 Å². The monoisotopic (exact) mass is 551 g/mol. The first kappa shape index (κ1) is 24.7. The molecule has 0 saturated carbocycles. The van der Waals surface area contributed by atoms with Gasteiger partial charge in [0.1, 0.15) is 0 Å². The van der Waals surface area contributed by atoms with Gasteiger partial charge in [-0.1, -0.05) is 122 Å². The average molecular weight is 552 g/mol. The summed E-state index contributed by atoms with van der Waals surface area (Å²) in [7, 11) is 0. The first-order valence-corrected chi connectivity index (χ1v) is 15.5. The summed E-state index contributed by atoms with van der Waals surface area (Å²) in [5, 5.41) is 0. The Bertz CT molecular complexity index is 2000. The van der Waals surface area contributed by atoms with E-state index < -0.39 is 0 Å². The normalized spacial score (nSPS) is 22.0. The molecule has 0 heterocycles. The second-order valence-electron chi connectivity index (χ2n) is 12.8. The van der Waals surface area contributed by atoms with Gasteiger partial charge in [0.15, 0.2) is 0 Å². The predicted octanol–water partition coefficient (Wildman–Crippen LogP) is 10.9. The Morgan fingerprint density at radius 3 is 1.40 bits per heavy atom. The van der Waals surface area contributed by atoms with Crippen molar-refractivity contribution in [3.8, 4) is 11.1 Å². The number of nitrogens with zero attached hydrogens (tertiary/aromatic N) is 1. The molecule has 1 nitrogen and oxygen atoms in total. The van der Waals surface area contributed by atoms with Gasteiger partial charge in [-0.25, -0.2) is 0 Å². The van der Waals surface area contributed by atoms with Gasteiger partial charge in [-0.05, 0) is 87.8 Å². The minimum atomic E-state index is 0.111. The van der Waals surface area contributed by atoms with E-state index in [0.717, 1.165) is 0 Å². The molecular weight excluding hydrogens is 518 g/mol. The van der Waals surface area contributed by atoms with E-state index in [-0.39, 0.29) is 5.41 Å². The third-order valence-corrected chi connectivity index (χ3v) is 10.6. The molecule has 0 aliphatic heterocycles. The van der Waals surface area contributed by atoms with E-state index in [9.17, 15) is 0 Å². The first-order chi connectivity index (χ1) is 21.1. The quantitative estimate of drug-likeness (QED) is 0.211. The molecule has 43 heavy (non-hydrogen) atoms. The van der Waals surface area contributed by atoms with Gasteiger partial charge in [0.2, 0.25) is 0 Å². The molecule has 0 radical (unpaired) electrons. The van der Waals surface area contributed by atoms with Gasteiger partial charge < -0.3 is 4.90 Å². The van der Waals surface area contributed by atoms with Crippen molar-refractivity contribution in [3.63, 3.8) is 0 Å². The van der Waals surface area contributed by atoms with E-state index in [1.807, 2.05) is 0 Å². The van der Waals surface area contributed by atoms with Crippen LogP contribution < -0.4 is 4.90 Å². The second kappa shape index (κ2) is 9.06. The van der Waals surface area contributed by atoms with Crippen molar-refractivity contribution in [2.75, 3.05) is 4.90 Å². The van der Waals surface area contributed by atoms with Crippen LogP contribution in [0.2, 0.25) is 0 Å². The molecule has 0 saturated heterocycles. The molecule has 3 aliphatic carbocycles. The average Bonchev–Trinajstić information content (AvgIpc) is 3.59. The van der Waals surface area contributed by atoms with Gasteiger partial charge in [-0.2, -0.15) is 0 Å². The van der Waals surface area contributed by atoms with Gasteiger partial charge in [-0.3, -0.25) is 0 Å². The van der Waals surface area contributed by atoms with E-state index >= 15 is 0 Å². The van der Waals surface area contributed by atoms with Crippen LogP contribution in [0, 0.1) is 12.3 Å². The fraction of sp³-hybridized carbons (Fsp3) is 0.143. The van der Waals surface area contributed by atoms with Gasteiger partial charge in [0.25, 0.3) is 0 Å². The predicted molar refractivity (Wildman–Crippen MR) is 178 cm³/mol. The molecule has 0 spiro atoms. The molecule has 6 aromatic carbocycles. The molecule has 0 amide bonds. The molecule has 9 rings (SSSR count). The summed E-state index contributed by atoms with van der Waals surface area (Å²) in [6, 6.07) is 54.4. The highest BCUT2D eigenvalue weighted by atomic mass is 15.1.